The topological polar surface area (TPSA) is 82.3 Å². The van der Waals surface area contributed by atoms with Crippen LogP contribution in [0.3, 0.4) is 0 Å². The molecule has 1 rings (SSSR count). The molecule has 0 aliphatic rings. The number of nitrogens with one attached hydrogen (secondary N) is 1. The van der Waals surface area contributed by atoms with Crippen LogP contribution in [0.5, 0.6) is 0 Å². The zero-order valence-electron chi connectivity index (χ0n) is 9.72. The number of likely N-dealkylation sites (N-methyl/N-ethyl adjacent to an activating group) is 1. The van der Waals surface area contributed by atoms with E-state index in [0.717, 1.165) is 5.69 Å². The summed E-state index contributed by atoms with van der Waals surface area (Å²) in [6.07, 6.45) is 1.87. The highest BCUT2D eigenvalue weighted by Crippen LogP contribution is 2.19. The summed E-state index contributed by atoms with van der Waals surface area (Å²) in [5.41, 5.74) is 6.63. The molecular formula is C11H17N3O2S. The van der Waals surface area contributed by atoms with Gasteiger partial charge in [-0.2, -0.15) is 0 Å². The molecule has 1 atom stereocenters. The molecule has 0 aliphatic carbocycles. The number of carbonyl (C=O) groups is 1. The zero-order valence-corrected chi connectivity index (χ0v) is 10.5. The molecule has 6 heteroatoms. The molecule has 0 saturated carbocycles. The summed E-state index contributed by atoms with van der Waals surface area (Å²) in [5, 5.41) is 8.71. The smallest absolute Gasteiger partial charge is 0.304 e. The van der Waals surface area contributed by atoms with Crippen LogP contribution in [-0.4, -0.2) is 39.0 Å². The molecule has 1 unspecified atom stereocenters. The molecule has 0 saturated heterocycles. The van der Waals surface area contributed by atoms with Gasteiger partial charge in [0.25, 0.3) is 0 Å². The summed E-state index contributed by atoms with van der Waals surface area (Å²) >= 11 is 5.06. The van der Waals surface area contributed by atoms with Gasteiger partial charge in [-0.25, -0.2) is 0 Å². The first-order valence-electron chi connectivity index (χ1n) is 5.44. The van der Waals surface area contributed by atoms with Gasteiger partial charge in [0.15, 0.2) is 0 Å². The van der Waals surface area contributed by atoms with Crippen LogP contribution in [0.2, 0.25) is 0 Å². The van der Waals surface area contributed by atoms with E-state index in [1.54, 1.807) is 6.20 Å². The van der Waals surface area contributed by atoms with E-state index >= 15 is 0 Å². The number of aromatic nitrogens is 1. The van der Waals surface area contributed by atoms with Gasteiger partial charge in [-0.3, -0.25) is 9.69 Å². The van der Waals surface area contributed by atoms with Crippen LogP contribution in [0, 0.1) is 0 Å². The molecule has 0 aromatic carbocycles. The lowest BCUT2D eigenvalue weighted by Crippen LogP contribution is -2.38. The highest BCUT2D eigenvalue weighted by molar-refractivity contribution is 7.80. The largest absolute Gasteiger partial charge is 0.481 e. The molecule has 1 heterocycles. The predicted molar refractivity (Wildman–Crippen MR) is 69.8 cm³/mol. The monoisotopic (exact) mass is 255 g/mol. The van der Waals surface area contributed by atoms with Gasteiger partial charge in [-0.05, 0) is 18.7 Å². The van der Waals surface area contributed by atoms with E-state index in [1.165, 1.54) is 0 Å². The Balaban J connectivity index is 2.80. The molecule has 0 spiro atoms. The van der Waals surface area contributed by atoms with Crippen LogP contribution in [0.25, 0.3) is 0 Å². The van der Waals surface area contributed by atoms with Crippen molar-refractivity contribution in [1.82, 2.24) is 9.88 Å². The molecule has 0 aliphatic heterocycles. The van der Waals surface area contributed by atoms with E-state index < -0.39 is 5.97 Å². The van der Waals surface area contributed by atoms with Gasteiger partial charge in [0.2, 0.25) is 0 Å². The first-order valence-corrected chi connectivity index (χ1v) is 5.85. The van der Waals surface area contributed by atoms with Gasteiger partial charge < -0.3 is 15.8 Å². The first kappa shape index (κ1) is 13.7. The lowest BCUT2D eigenvalue weighted by atomic mass is 10.1. The molecule has 1 aromatic rings. The third kappa shape index (κ3) is 3.83. The molecule has 1 aromatic heterocycles. The molecule has 17 heavy (non-hydrogen) atoms. The summed E-state index contributed by atoms with van der Waals surface area (Å²) in [4.78, 5) is 16.0. The van der Waals surface area contributed by atoms with Crippen molar-refractivity contribution in [2.45, 2.75) is 19.4 Å². The maximum Gasteiger partial charge on any atom is 0.304 e. The summed E-state index contributed by atoms with van der Waals surface area (Å²) in [6.45, 7) is 3.07. The van der Waals surface area contributed by atoms with E-state index in [9.17, 15) is 4.79 Å². The first-order chi connectivity index (χ1) is 8.06. The SMILES string of the molecule is CCN(CCC(=O)O)C(C(N)=S)c1ccc[nH]1. The number of aliphatic carboxylic acids is 1. The van der Waals surface area contributed by atoms with Crippen LogP contribution >= 0.6 is 12.2 Å². The van der Waals surface area contributed by atoms with E-state index in [-0.39, 0.29) is 12.5 Å². The van der Waals surface area contributed by atoms with Crippen molar-refractivity contribution in [3.05, 3.63) is 24.0 Å². The Morgan fingerprint density at radius 3 is 2.82 bits per heavy atom. The molecule has 94 valence electrons. The normalized spacial score (nSPS) is 12.6. The van der Waals surface area contributed by atoms with E-state index in [2.05, 4.69) is 4.98 Å². The van der Waals surface area contributed by atoms with Gasteiger partial charge in [0.05, 0.1) is 11.4 Å². The second-order valence-electron chi connectivity index (χ2n) is 3.70. The minimum Gasteiger partial charge on any atom is -0.481 e. The fourth-order valence-corrected chi connectivity index (χ4v) is 2.03. The summed E-state index contributed by atoms with van der Waals surface area (Å²) in [7, 11) is 0. The number of rotatable bonds is 7. The Labute approximate surface area is 106 Å². The number of hydrogen-bond donors (Lipinski definition) is 3. The van der Waals surface area contributed by atoms with Gasteiger partial charge in [-0.15, -0.1) is 0 Å². The van der Waals surface area contributed by atoms with Crippen LogP contribution in [0.4, 0.5) is 0 Å². The third-order valence-electron chi connectivity index (χ3n) is 2.57. The summed E-state index contributed by atoms with van der Waals surface area (Å²) in [6, 6.07) is 3.53. The number of aromatic amines is 1. The van der Waals surface area contributed by atoms with Gasteiger partial charge in [-0.1, -0.05) is 19.1 Å². The Bertz CT molecular complexity index is 378. The van der Waals surface area contributed by atoms with Crippen molar-refractivity contribution in [2.24, 2.45) is 5.73 Å². The number of thiocarbonyl (C=S) groups is 1. The molecular weight excluding hydrogens is 238 g/mol. The Kier molecular flexibility index (Phi) is 5.11. The minimum atomic E-state index is -0.823. The minimum absolute atomic E-state index is 0.0770. The van der Waals surface area contributed by atoms with Gasteiger partial charge in [0, 0.05) is 18.4 Å². The third-order valence-corrected chi connectivity index (χ3v) is 2.79. The fourth-order valence-electron chi connectivity index (χ4n) is 1.75. The van der Waals surface area contributed by atoms with Gasteiger partial charge >= 0.3 is 5.97 Å². The Morgan fingerprint density at radius 2 is 2.41 bits per heavy atom. The number of hydrogen-bond acceptors (Lipinski definition) is 3. The van der Waals surface area contributed by atoms with Crippen molar-refractivity contribution in [3.63, 3.8) is 0 Å². The summed E-state index contributed by atoms with van der Waals surface area (Å²) in [5.74, 6) is -0.823. The van der Waals surface area contributed by atoms with E-state index in [1.807, 2.05) is 24.0 Å². The summed E-state index contributed by atoms with van der Waals surface area (Å²) < 4.78 is 0. The number of nitrogens with zero attached hydrogens (tertiary/aromatic N) is 1. The Hall–Kier alpha value is -1.40. The standard InChI is InChI=1S/C11H17N3O2S/c1-2-14(7-5-9(15)16)10(11(12)17)8-4-3-6-13-8/h3-4,6,10,13H,2,5,7H2,1H3,(H2,12,17)(H,15,16). The van der Waals surface area contributed by atoms with Crippen LogP contribution in [0.1, 0.15) is 25.1 Å². The molecule has 4 N–H and O–H groups in total. The highest BCUT2D eigenvalue weighted by Gasteiger charge is 2.22. The zero-order chi connectivity index (χ0) is 12.8. The van der Waals surface area contributed by atoms with E-state index in [0.29, 0.717) is 18.1 Å². The second kappa shape index (κ2) is 6.36. The Morgan fingerprint density at radius 1 is 1.71 bits per heavy atom. The molecule has 5 nitrogen and oxygen atoms in total. The number of H-pyrrole nitrogens is 1. The van der Waals surface area contributed by atoms with Crippen molar-refractivity contribution in [2.75, 3.05) is 13.1 Å². The van der Waals surface area contributed by atoms with Crippen molar-refractivity contribution in [3.8, 4) is 0 Å². The maximum atomic E-state index is 10.6. The van der Waals surface area contributed by atoms with Gasteiger partial charge in [0.1, 0.15) is 6.04 Å². The number of carboxylic acid groups (broad SMARTS) is 1. The fraction of sp³-hybridized carbons (Fsp3) is 0.455. The predicted octanol–water partition coefficient (Wildman–Crippen LogP) is 1.14. The molecule has 0 amide bonds. The molecule has 0 bridgehead atoms. The van der Waals surface area contributed by atoms with Crippen molar-refractivity contribution < 1.29 is 9.90 Å². The molecule has 0 fully saturated rings. The molecule has 0 radical (unpaired) electrons. The lowest BCUT2D eigenvalue weighted by Gasteiger charge is -2.28. The van der Waals surface area contributed by atoms with E-state index in [4.69, 9.17) is 23.1 Å². The van der Waals surface area contributed by atoms with Crippen LogP contribution in [0.15, 0.2) is 18.3 Å². The van der Waals surface area contributed by atoms with Crippen molar-refractivity contribution in [1.29, 1.82) is 0 Å². The lowest BCUT2D eigenvalue weighted by molar-refractivity contribution is -0.137. The van der Waals surface area contributed by atoms with Crippen LogP contribution < -0.4 is 5.73 Å². The number of nitrogens with two attached hydrogens (primary N) is 1. The number of carboxylic acids is 1. The van der Waals surface area contributed by atoms with Crippen molar-refractivity contribution >= 4 is 23.2 Å². The second-order valence-corrected chi connectivity index (χ2v) is 4.17. The maximum absolute atomic E-state index is 10.6. The average Bonchev–Trinajstić information content (AvgIpc) is 2.76. The van der Waals surface area contributed by atoms with Crippen LogP contribution in [-0.2, 0) is 4.79 Å². The quantitative estimate of drug-likeness (QED) is 0.636. The highest BCUT2D eigenvalue weighted by atomic mass is 32.1. The average molecular weight is 255 g/mol.